The number of fused-ring (bicyclic) bond motifs is 1. The Morgan fingerprint density at radius 2 is 2.00 bits per heavy atom. The number of methoxy groups -OCH3 is 2. The van der Waals surface area contributed by atoms with E-state index in [4.69, 9.17) is 26.4 Å². The normalized spacial score (nSPS) is 15.8. The summed E-state index contributed by atoms with van der Waals surface area (Å²) in [5.74, 6) is -0.472. The zero-order chi connectivity index (χ0) is 17.6. The van der Waals surface area contributed by atoms with Crippen LogP contribution in [0, 0.1) is 4.77 Å². The number of nitrogens with one attached hydrogen (secondary N) is 1. The fourth-order valence-electron chi connectivity index (χ4n) is 2.68. The molecule has 1 unspecified atom stereocenters. The van der Waals surface area contributed by atoms with Crippen molar-refractivity contribution in [2.24, 2.45) is 7.05 Å². The van der Waals surface area contributed by atoms with Gasteiger partial charge in [-0.25, -0.2) is 4.79 Å². The Labute approximate surface area is 141 Å². The molecule has 1 aliphatic heterocycles. The zero-order valence-electron chi connectivity index (χ0n) is 13.1. The Morgan fingerprint density at radius 1 is 1.29 bits per heavy atom. The average Bonchev–Trinajstić information content (AvgIpc) is 2.88. The first kappa shape index (κ1) is 16.1. The molecule has 1 atom stereocenters. The molecule has 2 heterocycles. The van der Waals surface area contributed by atoms with E-state index in [2.05, 4.69) is 4.98 Å². The lowest BCUT2D eigenvalue weighted by Crippen LogP contribution is -2.21. The first-order chi connectivity index (χ1) is 11.4. The average molecular weight is 350 g/mol. The quantitative estimate of drug-likeness (QED) is 0.637. The maximum atomic E-state index is 12.3. The number of cyclic esters (lactones) is 1. The first-order valence-corrected chi connectivity index (χ1v) is 7.29. The highest BCUT2D eigenvalue weighted by Gasteiger charge is 2.39. The highest BCUT2D eigenvalue weighted by molar-refractivity contribution is 7.71. The van der Waals surface area contributed by atoms with Crippen molar-refractivity contribution in [2.45, 2.75) is 6.10 Å². The number of nitrogens with zero attached hydrogens (tertiary/aromatic N) is 1. The number of carbonyl (C=O) groups excluding carboxylic acids is 1. The number of hydrogen-bond acceptors (Lipinski definition) is 7. The number of esters is 1. The van der Waals surface area contributed by atoms with E-state index < -0.39 is 17.6 Å². The van der Waals surface area contributed by atoms with Crippen LogP contribution in [0.25, 0.3) is 0 Å². The lowest BCUT2D eigenvalue weighted by molar-refractivity contribution is 0.0446. The summed E-state index contributed by atoms with van der Waals surface area (Å²) < 4.78 is 17.0. The van der Waals surface area contributed by atoms with Gasteiger partial charge in [0.1, 0.15) is 11.1 Å². The van der Waals surface area contributed by atoms with E-state index in [1.807, 2.05) is 0 Å². The van der Waals surface area contributed by atoms with Gasteiger partial charge in [-0.05, 0) is 18.3 Å². The fourth-order valence-corrected chi connectivity index (χ4v) is 2.86. The van der Waals surface area contributed by atoms with E-state index in [0.717, 1.165) is 0 Å². The van der Waals surface area contributed by atoms with Crippen molar-refractivity contribution in [2.75, 3.05) is 14.2 Å². The van der Waals surface area contributed by atoms with Gasteiger partial charge in [-0.1, -0.05) is 6.07 Å². The monoisotopic (exact) mass is 350 g/mol. The Balaban J connectivity index is 2.28. The standard InChI is InChI=1S/C15H14N2O6S/c1-17-13(19)9(12(18)16-15(17)24)10-6-4-5-7(21-2)11(22-3)8(6)14(20)23-10/h4-5,10,19H,1-3H3,(H,16,18,24). The molecule has 0 saturated carbocycles. The van der Waals surface area contributed by atoms with Crippen LogP contribution in [0.4, 0.5) is 0 Å². The number of ether oxygens (including phenoxy) is 3. The minimum absolute atomic E-state index is 0.0538. The molecule has 2 N–H and O–H groups in total. The summed E-state index contributed by atoms with van der Waals surface area (Å²) in [7, 11) is 4.33. The van der Waals surface area contributed by atoms with Crippen LogP contribution in [0.15, 0.2) is 16.9 Å². The van der Waals surface area contributed by atoms with E-state index in [-0.39, 0.29) is 27.5 Å². The second-order valence-electron chi connectivity index (χ2n) is 5.11. The van der Waals surface area contributed by atoms with Crippen LogP contribution in [-0.2, 0) is 11.8 Å². The highest BCUT2D eigenvalue weighted by Crippen LogP contribution is 2.44. The Bertz CT molecular complexity index is 962. The number of rotatable bonds is 3. The van der Waals surface area contributed by atoms with Crippen molar-refractivity contribution < 1.29 is 24.1 Å². The van der Waals surface area contributed by atoms with Crippen molar-refractivity contribution >= 4 is 18.2 Å². The molecule has 1 aromatic heterocycles. The predicted octanol–water partition coefficient (Wildman–Crippen LogP) is 1.43. The molecule has 0 aliphatic carbocycles. The molecule has 126 valence electrons. The van der Waals surface area contributed by atoms with Gasteiger partial charge in [0.15, 0.2) is 22.4 Å². The predicted molar refractivity (Wildman–Crippen MR) is 85.3 cm³/mol. The van der Waals surface area contributed by atoms with Gasteiger partial charge in [0, 0.05) is 12.6 Å². The number of aromatic amines is 1. The highest BCUT2D eigenvalue weighted by atomic mass is 32.1. The molecular formula is C15H14N2O6S. The molecule has 0 amide bonds. The van der Waals surface area contributed by atoms with Crippen LogP contribution in [0.2, 0.25) is 0 Å². The molecule has 9 heteroatoms. The van der Waals surface area contributed by atoms with Crippen LogP contribution in [0.1, 0.15) is 27.6 Å². The molecule has 0 saturated heterocycles. The SMILES string of the molecule is COc1ccc2c(c1OC)C(=O)OC2c1c(O)n(C)c(=S)[nH]c1=O. The summed E-state index contributed by atoms with van der Waals surface area (Å²) in [4.78, 5) is 27.0. The summed E-state index contributed by atoms with van der Waals surface area (Å²) in [6.45, 7) is 0. The second kappa shape index (κ2) is 5.68. The van der Waals surface area contributed by atoms with Crippen LogP contribution in [0.3, 0.4) is 0 Å². The van der Waals surface area contributed by atoms with Gasteiger partial charge in [0.05, 0.1) is 14.2 Å². The van der Waals surface area contributed by atoms with E-state index in [9.17, 15) is 14.7 Å². The molecule has 2 aromatic rings. The number of H-pyrrole nitrogens is 1. The lowest BCUT2D eigenvalue weighted by atomic mass is 9.99. The molecular weight excluding hydrogens is 336 g/mol. The van der Waals surface area contributed by atoms with Crippen molar-refractivity contribution in [1.29, 1.82) is 0 Å². The Kier molecular flexibility index (Phi) is 3.80. The van der Waals surface area contributed by atoms with E-state index in [1.165, 1.54) is 25.8 Å². The van der Waals surface area contributed by atoms with E-state index in [1.54, 1.807) is 12.1 Å². The largest absolute Gasteiger partial charge is 0.494 e. The molecule has 24 heavy (non-hydrogen) atoms. The third-order valence-corrected chi connectivity index (χ3v) is 4.26. The van der Waals surface area contributed by atoms with Gasteiger partial charge >= 0.3 is 5.97 Å². The van der Waals surface area contributed by atoms with Gasteiger partial charge in [-0.3, -0.25) is 14.3 Å². The number of aromatic hydroxyl groups is 1. The smallest absolute Gasteiger partial charge is 0.343 e. The van der Waals surface area contributed by atoms with Gasteiger partial charge < -0.3 is 19.3 Å². The number of carbonyl (C=O) groups is 1. The Morgan fingerprint density at radius 3 is 2.62 bits per heavy atom. The van der Waals surface area contributed by atoms with Crippen LogP contribution in [0.5, 0.6) is 17.4 Å². The second-order valence-corrected chi connectivity index (χ2v) is 5.49. The van der Waals surface area contributed by atoms with Gasteiger partial charge in [0.25, 0.3) is 5.56 Å². The first-order valence-electron chi connectivity index (χ1n) is 6.88. The van der Waals surface area contributed by atoms with Gasteiger partial charge in [-0.2, -0.15) is 0 Å². The van der Waals surface area contributed by atoms with Crippen LogP contribution in [-0.4, -0.2) is 34.8 Å². The molecule has 1 aromatic carbocycles. The number of benzene rings is 1. The maximum absolute atomic E-state index is 12.3. The number of hydrogen-bond donors (Lipinski definition) is 2. The maximum Gasteiger partial charge on any atom is 0.343 e. The third-order valence-electron chi connectivity index (χ3n) is 3.88. The molecule has 0 bridgehead atoms. The zero-order valence-corrected chi connectivity index (χ0v) is 13.9. The van der Waals surface area contributed by atoms with E-state index in [0.29, 0.717) is 11.3 Å². The summed E-state index contributed by atoms with van der Waals surface area (Å²) in [6, 6.07) is 3.19. The molecule has 1 aliphatic rings. The lowest BCUT2D eigenvalue weighted by Gasteiger charge is -2.14. The van der Waals surface area contributed by atoms with Crippen molar-refractivity contribution in [3.8, 4) is 17.4 Å². The van der Waals surface area contributed by atoms with Gasteiger partial charge in [0.2, 0.25) is 5.88 Å². The molecule has 0 spiro atoms. The van der Waals surface area contributed by atoms with Crippen LogP contribution >= 0.6 is 12.2 Å². The van der Waals surface area contributed by atoms with Crippen molar-refractivity contribution in [3.05, 3.63) is 43.9 Å². The summed E-state index contributed by atoms with van der Waals surface area (Å²) in [5, 5.41) is 10.3. The molecule has 8 nitrogen and oxygen atoms in total. The summed E-state index contributed by atoms with van der Waals surface area (Å²) >= 11 is 4.94. The number of aromatic nitrogens is 2. The molecule has 3 rings (SSSR count). The van der Waals surface area contributed by atoms with Gasteiger partial charge in [-0.15, -0.1) is 0 Å². The molecule has 0 radical (unpaired) electrons. The minimum Gasteiger partial charge on any atom is -0.494 e. The van der Waals surface area contributed by atoms with Crippen molar-refractivity contribution in [3.63, 3.8) is 0 Å². The van der Waals surface area contributed by atoms with Crippen LogP contribution < -0.4 is 15.0 Å². The third kappa shape index (κ3) is 2.16. The summed E-state index contributed by atoms with van der Waals surface area (Å²) in [6.07, 6.45) is -1.07. The molecule has 0 fully saturated rings. The fraction of sp³-hybridized carbons (Fsp3) is 0.267. The minimum atomic E-state index is -1.07. The van der Waals surface area contributed by atoms with E-state index >= 15 is 0 Å². The Hall–Kier alpha value is -2.81. The summed E-state index contributed by atoms with van der Waals surface area (Å²) in [5.41, 5.74) is -0.178. The van der Waals surface area contributed by atoms with Crippen molar-refractivity contribution in [1.82, 2.24) is 9.55 Å². The topological polar surface area (TPSA) is 103 Å².